The van der Waals surface area contributed by atoms with Crippen LogP contribution in [0.4, 0.5) is 5.13 Å². The lowest BCUT2D eigenvalue weighted by Gasteiger charge is -2.18. The molecule has 1 saturated heterocycles. The van der Waals surface area contributed by atoms with E-state index in [9.17, 15) is 0 Å². The summed E-state index contributed by atoms with van der Waals surface area (Å²) in [6.07, 6.45) is 4.79. The number of hydrogen-bond donors (Lipinski definition) is 1. The average molecular weight is 269 g/mol. The number of thiazole rings is 1. The molecule has 1 unspecified atom stereocenters. The summed E-state index contributed by atoms with van der Waals surface area (Å²) in [5, 5.41) is 1.22. The zero-order valence-corrected chi connectivity index (χ0v) is 11.7. The first kappa shape index (κ1) is 11.8. The van der Waals surface area contributed by atoms with Crippen LogP contribution in [-0.2, 0) is 6.42 Å². The summed E-state index contributed by atoms with van der Waals surface area (Å²) in [7, 11) is 0. The van der Waals surface area contributed by atoms with Gasteiger partial charge in [0.05, 0.1) is 5.69 Å². The molecule has 0 radical (unpaired) electrons. The molecule has 1 aromatic heterocycles. The molecule has 2 aliphatic rings. The maximum Gasteiger partial charge on any atom is 0.185 e. The van der Waals surface area contributed by atoms with Gasteiger partial charge in [-0.05, 0) is 31.4 Å². The zero-order valence-electron chi connectivity index (χ0n) is 10.0. The molecule has 0 saturated carbocycles. The number of hydrogen-bond acceptors (Lipinski definition) is 5. The van der Waals surface area contributed by atoms with Crippen molar-refractivity contribution in [1.29, 1.82) is 0 Å². The Bertz CT molecular complexity index is 383. The van der Waals surface area contributed by atoms with Crippen LogP contribution in [0.1, 0.15) is 35.9 Å². The van der Waals surface area contributed by atoms with Gasteiger partial charge in [-0.3, -0.25) is 0 Å². The average Bonchev–Trinajstić information content (AvgIpc) is 2.59. The Labute approximate surface area is 111 Å². The van der Waals surface area contributed by atoms with Crippen LogP contribution < -0.4 is 10.6 Å². The SMILES string of the molecule is NC1CCCc2sc(N3CCCSCC3)nc21. The van der Waals surface area contributed by atoms with Crippen molar-refractivity contribution in [2.75, 3.05) is 29.5 Å². The fourth-order valence-corrected chi connectivity index (χ4v) is 4.62. The molecule has 1 aliphatic carbocycles. The summed E-state index contributed by atoms with van der Waals surface area (Å²) < 4.78 is 0. The van der Waals surface area contributed by atoms with E-state index in [1.54, 1.807) is 0 Å². The van der Waals surface area contributed by atoms with Gasteiger partial charge in [-0.1, -0.05) is 0 Å². The van der Waals surface area contributed by atoms with E-state index >= 15 is 0 Å². The normalized spacial score (nSPS) is 25.5. The molecule has 17 heavy (non-hydrogen) atoms. The Kier molecular flexibility index (Phi) is 3.59. The molecule has 1 aromatic rings. The van der Waals surface area contributed by atoms with E-state index in [4.69, 9.17) is 10.7 Å². The minimum Gasteiger partial charge on any atom is -0.347 e. The highest BCUT2D eigenvalue weighted by Gasteiger charge is 2.24. The molecule has 2 N–H and O–H groups in total. The highest BCUT2D eigenvalue weighted by molar-refractivity contribution is 7.99. The molecule has 0 spiro atoms. The first-order chi connectivity index (χ1) is 8.34. The van der Waals surface area contributed by atoms with E-state index in [1.807, 2.05) is 11.3 Å². The predicted octanol–water partition coefficient (Wildman–Crippen LogP) is 2.42. The minimum atomic E-state index is 0.185. The van der Waals surface area contributed by atoms with Crippen LogP contribution in [0, 0.1) is 0 Å². The van der Waals surface area contributed by atoms with Gasteiger partial charge in [-0.2, -0.15) is 11.8 Å². The highest BCUT2D eigenvalue weighted by atomic mass is 32.2. The number of anilines is 1. The quantitative estimate of drug-likeness (QED) is 0.850. The molecule has 1 fully saturated rings. The van der Waals surface area contributed by atoms with Gasteiger partial charge in [0.15, 0.2) is 5.13 Å². The molecule has 94 valence electrons. The van der Waals surface area contributed by atoms with Crippen LogP contribution in [0.15, 0.2) is 0 Å². The summed E-state index contributed by atoms with van der Waals surface area (Å²) in [6.45, 7) is 2.31. The lowest BCUT2D eigenvalue weighted by molar-refractivity contribution is 0.563. The lowest BCUT2D eigenvalue weighted by atomic mass is 9.99. The van der Waals surface area contributed by atoms with Crippen LogP contribution in [0.2, 0.25) is 0 Å². The molecule has 3 nitrogen and oxygen atoms in total. The molecule has 1 aliphatic heterocycles. The number of thioether (sulfide) groups is 1. The number of nitrogens with zero attached hydrogens (tertiary/aromatic N) is 2. The van der Waals surface area contributed by atoms with Gasteiger partial charge >= 0.3 is 0 Å². The standard InChI is InChI=1S/C12H19N3S2/c13-9-3-1-4-10-11(9)14-12(17-10)15-5-2-7-16-8-6-15/h9H,1-8,13H2. The van der Waals surface area contributed by atoms with Crippen molar-refractivity contribution >= 4 is 28.2 Å². The summed E-state index contributed by atoms with van der Waals surface area (Å²) >= 11 is 3.94. The molecule has 0 amide bonds. The van der Waals surface area contributed by atoms with E-state index in [1.165, 1.54) is 46.5 Å². The van der Waals surface area contributed by atoms with Gasteiger partial charge in [0.2, 0.25) is 0 Å². The van der Waals surface area contributed by atoms with Gasteiger partial charge in [0.25, 0.3) is 0 Å². The first-order valence-electron chi connectivity index (χ1n) is 6.42. The second-order valence-electron chi connectivity index (χ2n) is 4.76. The van der Waals surface area contributed by atoms with E-state index in [0.717, 1.165) is 19.5 Å². The fraction of sp³-hybridized carbons (Fsp3) is 0.750. The second kappa shape index (κ2) is 5.16. The molecular formula is C12H19N3S2. The topological polar surface area (TPSA) is 42.1 Å². The lowest BCUT2D eigenvalue weighted by Crippen LogP contribution is -2.25. The van der Waals surface area contributed by atoms with Crippen LogP contribution in [0.5, 0.6) is 0 Å². The van der Waals surface area contributed by atoms with Crippen molar-refractivity contribution in [3.8, 4) is 0 Å². The van der Waals surface area contributed by atoms with Crippen molar-refractivity contribution in [3.05, 3.63) is 10.6 Å². The van der Waals surface area contributed by atoms with Crippen LogP contribution in [0.3, 0.4) is 0 Å². The largest absolute Gasteiger partial charge is 0.347 e. The Morgan fingerprint density at radius 2 is 2.18 bits per heavy atom. The molecule has 1 atom stereocenters. The Morgan fingerprint density at radius 3 is 3.06 bits per heavy atom. The van der Waals surface area contributed by atoms with Gasteiger partial charge in [-0.15, -0.1) is 11.3 Å². The number of rotatable bonds is 1. The summed E-state index contributed by atoms with van der Waals surface area (Å²) in [4.78, 5) is 8.70. The fourth-order valence-electron chi connectivity index (χ4n) is 2.51. The summed E-state index contributed by atoms with van der Waals surface area (Å²) in [5.41, 5.74) is 7.33. The maximum atomic E-state index is 6.14. The van der Waals surface area contributed by atoms with Gasteiger partial charge in [-0.25, -0.2) is 4.98 Å². The van der Waals surface area contributed by atoms with Crippen molar-refractivity contribution in [2.45, 2.75) is 31.7 Å². The first-order valence-corrected chi connectivity index (χ1v) is 8.39. The Hall–Kier alpha value is -0.260. The smallest absolute Gasteiger partial charge is 0.185 e. The Balaban J connectivity index is 1.83. The third kappa shape index (κ3) is 2.46. The number of aromatic nitrogens is 1. The minimum absolute atomic E-state index is 0.185. The number of fused-ring (bicyclic) bond motifs is 1. The summed E-state index contributed by atoms with van der Waals surface area (Å²) in [6, 6.07) is 0.185. The molecular weight excluding hydrogens is 250 g/mol. The van der Waals surface area contributed by atoms with Crippen molar-refractivity contribution in [2.24, 2.45) is 5.73 Å². The van der Waals surface area contributed by atoms with E-state index in [2.05, 4.69) is 16.7 Å². The van der Waals surface area contributed by atoms with Crippen molar-refractivity contribution in [3.63, 3.8) is 0 Å². The zero-order chi connectivity index (χ0) is 11.7. The maximum absolute atomic E-state index is 6.14. The third-order valence-corrected chi connectivity index (χ3v) is 5.72. The van der Waals surface area contributed by atoms with Crippen LogP contribution in [0.25, 0.3) is 0 Å². The van der Waals surface area contributed by atoms with Gasteiger partial charge < -0.3 is 10.6 Å². The Morgan fingerprint density at radius 1 is 1.24 bits per heavy atom. The molecule has 0 bridgehead atoms. The molecule has 5 heteroatoms. The van der Waals surface area contributed by atoms with Gasteiger partial charge in [0, 0.05) is 29.8 Å². The van der Waals surface area contributed by atoms with Crippen LogP contribution >= 0.6 is 23.1 Å². The monoisotopic (exact) mass is 269 g/mol. The van der Waals surface area contributed by atoms with Crippen molar-refractivity contribution < 1.29 is 0 Å². The van der Waals surface area contributed by atoms with Crippen molar-refractivity contribution in [1.82, 2.24) is 4.98 Å². The van der Waals surface area contributed by atoms with Gasteiger partial charge in [0.1, 0.15) is 0 Å². The molecule has 3 rings (SSSR count). The third-order valence-electron chi connectivity index (χ3n) is 3.48. The molecule has 2 heterocycles. The predicted molar refractivity (Wildman–Crippen MR) is 76.1 cm³/mol. The van der Waals surface area contributed by atoms with Crippen LogP contribution in [-0.4, -0.2) is 29.6 Å². The second-order valence-corrected chi connectivity index (χ2v) is 7.04. The number of nitrogens with two attached hydrogens (primary N) is 1. The van der Waals surface area contributed by atoms with E-state index in [-0.39, 0.29) is 6.04 Å². The van der Waals surface area contributed by atoms with E-state index in [0.29, 0.717) is 0 Å². The number of aryl methyl sites for hydroxylation is 1. The summed E-state index contributed by atoms with van der Waals surface area (Å²) in [5.74, 6) is 2.53. The van der Waals surface area contributed by atoms with E-state index < -0.39 is 0 Å². The molecule has 0 aromatic carbocycles. The highest BCUT2D eigenvalue weighted by Crippen LogP contribution is 2.36.